The largest absolute Gasteiger partial charge is 0.380 e. The summed E-state index contributed by atoms with van der Waals surface area (Å²) in [6.45, 7) is 5.80. The van der Waals surface area contributed by atoms with Gasteiger partial charge in [0.25, 0.3) is 0 Å². The van der Waals surface area contributed by atoms with E-state index in [2.05, 4.69) is 29.1 Å². The Morgan fingerprint density at radius 2 is 2.36 bits per heavy atom. The van der Waals surface area contributed by atoms with Crippen LogP contribution in [-0.4, -0.2) is 19.8 Å². The first-order valence-corrected chi connectivity index (χ1v) is 6.17. The van der Waals surface area contributed by atoms with Gasteiger partial charge >= 0.3 is 0 Å². The molecule has 80 valence electrons. The van der Waals surface area contributed by atoms with Crippen LogP contribution in [0.3, 0.4) is 0 Å². The highest BCUT2D eigenvalue weighted by Crippen LogP contribution is 2.04. The summed E-state index contributed by atoms with van der Waals surface area (Å²) in [5, 5.41) is 7.62. The van der Waals surface area contributed by atoms with Crippen LogP contribution < -0.4 is 5.32 Å². The van der Waals surface area contributed by atoms with Crippen molar-refractivity contribution in [3.63, 3.8) is 0 Å². The first-order valence-electron chi connectivity index (χ1n) is 5.23. The third kappa shape index (κ3) is 5.37. The van der Waals surface area contributed by atoms with Gasteiger partial charge in [-0.2, -0.15) is 11.3 Å². The lowest BCUT2D eigenvalue weighted by Gasteiger charge is -2.04. The normalized spacial score (nSPS) is 10.6. The van der Waals surface area contributed by atoms with Crippen molar-refractivity contribution in [3.8, 4) is 0 Å². The van der Waals surface area contributed by atoms with E-state index >= 15 is 0 Å². The second-order valence-electron chi connectivity index (χ2n) is 3.27. The molecule has 1 rings (SSSR count). The van der Waals surface area contributed by atoms with Gasteiger partial charge in [0, 0.05) is 19.7 Å². The maximum Gasteiger partial charge on any atom is 0.0591 e. The summed E-state index contributed by atoms with van der Waals surface area (Å²) in [7, 11) is 0. The molecular weight excluding hydrogens is 194 g/mol. The molecule has 0 unspecified atom stereocenters. The van der Waals surface area contributed by atoms with Crippen molar-refractivity contribution in [1.29, 1.82) is 0 Å². The Hall–Kier alpha value is -0.380. The summed E-state index contributed by atoms with van der Waals surface area (Å²) in [5.74, 6) is 0. The Morgan fingerprint density at radius 1 is 1.43 bits per heavy atom. The lowest BCUT2D eigenvalue weighted by Crippen LogP contribution is -2.19. The SMILES string of the molecule is CCCCOCCNCc1ccsc1. The highest BCUT2D eigenvalue weighted by atomic mass is 32.1. The molecule has 0 bridgehead atoms. The number of hydrogen-bond acceptors (Lipinski definition) is 3. The smallest absolute Gasteiger partial charge is 0.0591 e. The molecule has 0 atom stereocenters. The second kappa shape index (κ2) is 7.97. The molecule has 0 fully saturated rings. The zero-order valence-corrected chi connectivity index (χ0v) is 9.61. The fourth-order valence-corrected chi connectivity index (χ4v) is 1.79. The highest BCUT2D eigenvalue weighted by Gasteiger charge is 1.92. The monoisotopic (exact) mass is 213 g/mol. The average Bonchev–Trinajstić information content (AvgIpc) is 2.69. The van der Waals surface area contributed by atoms with E-state index in [4.69, 9.17) is 4.74 Å². The predicted octanol–water partition coefficient (Wildman–Crippen LogP) is 2.65. The van der Waals surface area contributed by atoms with Crippen molar-refractivity contribution in [2.75, 3.05) is 19.8 Å². The fourth-order valence-electron chi connectivity index (χ4n) is 1.12. The van der Waals surface area contributed by atoms with Gasteiger partial charge in [-0.25, -0.2) is 0 Å². The van der Waals surface area contributed by atoms with Crippen molar-refractivity contribution < 1.29 is 4.74 Å². The van der Waals surface area contributed by atoms with Crippen LogP contribution >= 0.6 is 11.3 Å². The zero-order chi connectivity index (χ0) is 10.1. The predicted molar refractivity (Wildman–Crippen MR) is 61.8 cm³/mol. The van der Waals surface area contributed by atoms with Crippen molar-refractivity contribution in [2.24, 2.45) is 0 Å². The van der Waals surface area contributed by atoms with E-state index in [0.29, 0.717) is 0 Å². The van der Waals surface area contributed by atoms with Crippen LogP contribution in [-0.2, 0) is 11.3 Å². The van der Waals surface area contributed by atoms with E-state index in [1.165, 1.54) is 18.4 Å². The topological polar surface area (TPSA) is 21.3 Å². The summed E-state index contributed by atoms with van der Waals surface area (Å²) in [6, 6.07) is 2.15. The Labute approximate surface area is 90.3 Å². The van der Waals surface area contributed by atoms with Crippen molar-refractivity contribution in [2.45, 2.75) is 26.3 Å². The minimum atomic E-state index is 0.824. The highest BCUT2D eigenvalue weighted by molar-refractivity contribution is 7.07. The molecule has 3 heteroatoms. The maximum absolute atomic E-state index is 5.43. The quantitative estimate of drug-likeness (QED) is 0.670. The molecule has 0 radical (unpaired) electrons. The lowest BCUT2D eigenvalue weighted by molar-refractivity contribution is 0.133. The van der Waals surface area contributed by atoms with Crippen molar-refractivity contribution >= 4 is 11.3 Å². The van der Waals surface area contributed by atoms with Gasteiger partial charge < -0.3 is 10.1 Å². The van der Waals surface area contributed by atoms with Gasteiger partial charge in [-0.3, -0.25) is 0 Å². The number of nitrogens with one attached hydrogen (secondary N) is 1. The Bertz CT molecular complexity index is 211. The summed E-state index contributed by atoms with van der Waals surface area (Å²) >= 11 is 1.74. The number of ether oxygens (including phenoxy) is 1. The van der Waals surface area contributed by atoms with E-state index in [9.17, 15) is 0 Å². The molecule has 14 heavy (non-hydrogen) atoms. The van der Waals surface area contributed by atoms with Gasteiger partial charge in [0.05, 0.1) is 6.61 Å². The van der Waals surface area contributed by atoms with Crippen LogP contribution in [0.15, 0.2) is 16.8 Å². The van der Waals surface area contributed by atoms with E-state index in [0.717, 1.165) is 26.3 Å². The van der Waals surface area contributed by atoms with E-state index < -0.39 is 0 Å². The van der Waals surface area contributed by atoms with Gasteiger partial charge in [-0.1, -0.05) is 13.3 Å². The molecule has 0 spiro atoms. The van der Waals surface area contributed by atoms with Crippen LogP contribution in [0.25, 0.3) is 0 Å². The van der Waals surface area contributed by atoms with Crippen LogP contribution in [0, 0.1) is 0 Å². The third-order valence-corrected chi connectivity index (χ3v) is 2.71. The Morgan fingerprint density at radius 3 is 3.07 bits per heavy atom. The van der Waals surface area contributed by atoms with Crippen LogP contribution in [0.5, 0.6) is 0 Å². The zero-order valence-electron chi connectivity index (χ0n) is 8.79. The Kier molecular flexibility index (Phi) is 6.66. The lowest BCUT2D eigenvalue weighted by atomic mass is 10.3. The van der Waals surface area contributed by atoms with Crippen LogP contribution in [0.1, 0.15) is 25.3 Å². The molecule has 0 saturated carbocycles. The number of unbranched alkanes of at least 4 members (excludes halogenated alkanes) is 1. The molecule has 1 heterocycles. The first kappa shape index (κ1) is 11.7. The van der Waals surface area contributed by atoms with Crippen molar-refractivity contribution in [1.82, 2.24) is 5.32 Å². The summed E-state index contributed by atoms with van der Waals surface area (Å²) in [6.07, 6.45) is 2.38. The van der Waals surface area contributed by atoms with E-state index in [1.807, 2.05) is 0 Å². The molecule has 0 aromatic carbocycles. The molecule has 1 aromatic rings. The van der Waals surface area contributed by atoms with Gasteiger partial charge in [0.2, 0.25) is 0 Å². The van der Waals surface area contributed by atoms with Gasteiger partial charge in [-0.15, -0.1) is 0 Å². The number of hydrogen-bond donors (Lipinski definition) is 1. The van der Waals surface area contributed by atoms with E-state index in [1.54, 1.807) is 11.3 Å². The second-order valence-corrected chi connectivity index (χ2v) is 4.05. The average molecular weight is 213 g/mol. The van der Waals surface area contributed by atoms with Gasteiger partial charge in [0.1, 0.15) is 0 Å². The number of rotatable bonds is 8. The summed E-state index contributed by atoms with van der Waals surface area (Å²) < 4.78 is 5.43. The Balaban J connectivity index is 1.85. The molecule has 0 saturated heterocycles. The van der Waals surface area contributed by atoms with Gasteiger partial charge in [-0.05, 0) is 28.8 Å². The fraction of sp³-hybridized carbons (Fsp3) is 0.636. The molecule has 0 amide bonds. The molecule has 1 N–H and O–H groups in total. The molecule has 2 nitrogen and oxygen atoms in total. The molecule has 1 aromatic heterocycles. The molecule has 0 aliphatic carbocycles. The summed E-state index contributed by atoms with van der Waals surface area (Å²) in [4.78, 5) is 0. The van der Waals surface area contributed by atoms with Crippen LogP contribution in [0.2, 0.25) is 0 Å². The maximum atomic E-state index is 5.43. The third-order valence-electron chi connectivity index (χ3n) is 1.97. The van der Waals surface area contributed by atoms with Gasteiger partial charge in [0.15, 0.2) is 0 Å². The molecule has 0 aliphatic rings. The number of thiophene rings is 1. The van der Waals surface area contributed by atoms with E-state index in [-0.39, 0.29) is 0 Å². The minimum absolute atomic E-state index is 0.824. The van der Waals surface area contributed by atoms with Crippen molar-refractivity contribution in [3.05, 3.63) is 22.4 Å². The summed E-state index contributed by atoms with van der Waals surface area (Å²) in [5.41, 5.74) is 1.36. The first-order chi connectivity index (χ1) is 6.93. The molecule has 0 aliphatic heterocycles. The standard InChI is InChI=1S/C11H19NOS/c1-2-3-6-13-7-5-12-9-11-4-8-14-10-11/h4,8,10,12H,2-3,5-7,9H2,1H3. The van der Waals surface area contributed by atoms with Crippen LogP contribution in [0.4, 0.5) is 0 Å². The molecular formula is C11H19NOS. The minimum Gasteiger partial charge on any atom is -0.380 e.